The number of hydrogen-bond donors (Lipinski definition) is 0. The first kappa shape index (κ1) is 12.8. The van der Waals surface area contributed by atoms with Crippen LogP contribution >= 0.6 is 63.7 Å². The zero-order chi connectivity index (χ0) is 11.9. The first-order valence-electron chi connectivity index (χ1n) is 4.35. The van der Waals surface area contributed by atoms with Crippen LogP contribution in [0.4, 0.5) is 0 Å². The van der Waals surface area contributed by atoms with Gasteiger partial charge >= 0.3 is 0 Å². The standard InChI is InChI=1S/C10H6Br4N2/c1-2-3-16-4-15-9-7(13)5(11)6(12)8(14)10(9)16/h2,4H,1,3H2. The molecule has 2 rings (SSSR count). The van der Waals surface area contributed by atoms with E-state index in [0.29, 0.717) is 0 Å². The van der Waals surface area contributed by atoms with Crippen LogP contribution in [0.1, 0.15) is 0 Å². The maximum atomic E-state index is 4.39. The van der Waals surface area contributed by atoms with Crippen molar-refractivity contribution in [1.29, 1.82) is 0 Å². The van der Waals surface area contributed by atoms with E-state index in [2.05, 4.69) is 75.3 Å². The molecule has 0 N–H and O–H groups in total. The van der Waals surface area contributed by atoms with E-state index in [1.165, 1.54) is 0 Å². The second kappa shape index (κ2) is 4.92. The molecule has 0 aliphatic rings. The van der Waals surface area contributed by atoms with E-state index in [0.717, 1.165) is 35.5 Å². The molecule has 1 aromatic heterocycles. The van der Waals surface area contributed by atoms with Gasteiger partial charge in [-0.05, 0) is 63.7 Å². The van der Waals surface area contributed by atoms with Crippen molar-refractivity contribution in [3.8, 4) is 0 Å². The molecule has 0 amide bonds. The Labute approximate surface area is 127 Å². The smallest absolute Gasteiger partial charge is 0.105 e. The van der Waals surface area contributed by atoms with E-state index in [-0.39, 0.29) is 0 Å². The third kappa shape index (κ3) is 1.94. The quantitative estimate of drug-likeness (QED) is 0.330. The van der Waals surface area contributed by atoms with Crippen LogP contribution in [0.25, 0.3) is 11.0 Å². The second-order valence-electron chi connectivity index (χ2n) is 3.14. The molecule has 6 heteroatoms. The van der Waals surface area contributed by atoms with Crippen molar-refractivity contribution < 1.29 is 0 Å². The summed E-state index contributed by atoms with van der Waals surface area (Å²) in [5.74, 6) is 0. The number of nitrogens with zero attached hydrogens (tertiary/aromatic N) is 2. The van der Waals surface area contributed by atoms with Gasteiger partial charge in [0.05, 0.1) is 20.8 Å². The van der Waals surface area contributed by atoms with Crippen LogP contribution in [0.5, 0.6) is 0 Å². The Morgan fingerprint density at radius 3 is 2.38 bits per heavy atom. The summed E-state index contributed by atoms with van der Waals surface area (Å²) in [6, 6.07) is 0. The average molecular weight is 474 g/mol. The molecule has 1 aromatic carbocycles. The fraction of sp³-hybridized carbons (Fsp3) is 0.100. The van der Waals surface area contributed by atoms with Gasteiger partial charge in [-0.15, -0.1) is 6.58 Å². The van der Waals surface area contributed by atoms with Crippen molar-refractivity contribution in [3.63, 3.8) is 0 Å². The molecule has 0 fully saturated rings. The summed E-state index contributed by atoms with van der Waals surface area (Å²) in [4.78, 5) is 4.39. The molecule has 0 aliphatic carbocycles. The lowest BCUT2D eigenvalue weighted by Gasteiger charge is -2.07. The summed E-state index contributed by atoms with van der Waals surface area (Å²) in [5.41, 5.74) is 1.96. The van der Waals surface area contributed by atoms with Crippen LogP contribution in [0.3, 0.4) is 0 Å². The molecule has 84 valence electrons. The zero-order valence-corrected chi connectivity index (χ0v) is 14.3. The van der Waals surface area contributed by atoms with Crippen molar-refractivity contribution in [1.82, 2.24) is 9.55 Å². The topological polar surface area (TPSA) is 17.8 Å². The molecular weight excluding hydrogens is 468 g/mol. The number of allylic oxidation sites excluding steroid dienone is 1. The van der Waals surface area contributed by atoms with E-state index < -0.39 is 0 Å². The van der Waals surface area contributed by atoms with Crippen LogP contribution in [-0.2, 0) is 6.54 Å². The van der Waals surface area contributed by atoms with Gasteiger partial charge in [0.25, 0.3) is 0 Å². The molecule has 0 radical (unpaired) electrons. The molecule has 0 saturated heterocycles. The van der Waals surface area contributed by atoms with E-state index in [1.54, 1.807) is 6.33 Å². The first-order valence-corrected chi connectivity index (χ1v) is 7.52. The predicted octanol–water partition coefficient (Wildman–Crippen LogP) is 5.27. The largest absolute Gasteiger partial charge is 0.326 e. The van der Waals surface area contributed by atoms with E-state index >= 15 is 0 Å². The fourth-order valence-corrected chi connectivity index (χ4v) is 3.86. The van der Waals surface area contributed by atoms with Crippen molar-refractivity contribution in [2.45, 2.75) is 6.54 Å². The number of benzene rings is 1. The molecule has 16 heavy (non-hydrogen) atoms. The highest BCUT2D eigenvalue weighted by Gasteiger charge is 2.17. The molecule has 0 spiro atoms. The highest BCUT2D eigenvalue weighted by molar-refractivity contribution is 9.15. The van der Waals surface area contributed by atoms with Crippen molar-refractivity contribution in [3.05, 3.63) is 36.9 Å². The van der Waals surface area contributed by atoms with Gasteiger partial charge in [-0.1, -0.05) is 6.08 Å². The normalized spacial score (nSPS) is 11.0. The minimum Gasteiger partial charge on any atom is -0.326 e. The number of imidazole rings is 1. The molecular formula is C10H6Br4N2. The number of halogens is 4. The van der Waals surface area contributed by atoms with Crippen molar-refractivity contribution in [2.75, 3.05) is 0 Å². The molecule has 2 aromatic rings. The number of fused-ring (bicyclic) bond motifs is 1. The number of rotatable bonds is 2. The SMILES string of the molecule is C=CCn1cnc2c(Br)c(Br)c(Br)c(Br)c21. The fourth-order valence-electron chi connectivity index (χ4n) is 1.45. The zero-order valence-electron chi connectivity index (χ0n) is 7.98. The van der Waals surface area contributed by atoms with Gasteiger partial charge in [0.2, 0.25) is 0 Å². The first-order chi connectivity index (χ1) is 7.57. The Kier molecular flexibility index (Phi) is 3.93. The summed E-state index contributed by atoms with van der Waals surface area (Å²) in [5, 5.41) is 0. The Morgan fingerprint density at radius 2 is 1.75 bits per heavy atom. The van der Waals surface area contributed by atoms with E-state index in [9.17, 15) is 0 Å². The van der Waals surface area contributed by atoms with Gasteiger partial charge in [0, 0.05) is 15.5 Å². The molecule has 0 atom stereocenters. The van der Waals surface area contributed by atoms with Crippen LogP contribution < -0.4 is 0 Å². The highest BCUT2D eigenvalue weighted by Crippen LogP contribution is 2.42. The maximum absolute atomic E-state index is 4.39. The summed E-state index contributed by atoms with van der Waals surface area (Å²) in [6.07, 6.45) is 3.65. The van der Waals surface area contributed by atoms with Gasteiger partial charge in [0.15, 0.2) is 0 Å². The number of hydrogen-bond acceptors (Lipinski definition) is 1. The van der Waals surface area contributed by atoms with Crippen LogP contribution in [-0.4, -0.2) is 9.55 Å². The predicted molar refractivity (Wildman–Crippen MR) is 80.7 cm³/mol. The molecule has 2 nitrogen and oxygen atoms in total. The van der Waals surface area contributed by atoms with Gasteiger partial charge in [0.1, 0.15) is 5.52 Å². The van der Waals surface area contributed by atoms with Gasteiger partial charge < -0.3 is 4.57 Å². The number of aromatic nitrogens is 2. The monoisotopic (exact) mass is 470 g/mol. The third-order valence-corrected chi connectivity index (χ3v) is 6.88. The molecule has 0 aliphatic heterocycles. The lowest BCUT2D eigenvalue weighted by molar-refractivity contribution is 0.849. The minimum atomic E-state index is 0.732. The van der Waals surface area contributed by atoms with Crippen LogP contribution in [0.2, 0.25) is 0 Å². The van der Waals surface area contributed by atoms with Crippen LogP contribution in [0.15, 0.2) is 36.9 Å². The lowest BCUT2D eigenvalue weighted by Crippen LogP contribution is -1.93. The Morgan fingerprint density at radius 1 is 1.12 bits per heavy atom. The third-order valence-electron chi connectivity index (χ3n) is 2.16. The average Bonchev–Trinajstić information content (AvgIpc) is 2.68. The summed E-state index contributed by atoms with van der Waals surface area (Å²) >= 11 is 14.1. The van der Waals surface area contributed by atoms with Gasteiger partial charge in [-0.25, -0.2) is 4.98 Å². The minimum absolute atomic E-state index is 0.732. The molecule has 0 unspecified atom stereocenters. The lowest BCUT2D eigenvalue weighted by atomic mass is 10.3. The molecule has 0 bridgehead atoms. The second-order valence-corrected chi connectivity index (χ2v) is 6.31. The Hall–Kier alpha value is 0.350. The maximum Gasteiger partial charge on any atom is 0.105 e. The summed E-state index contributed by atoms with van der Waals surface area (Å²) in [6.45, 7) is 4.47. The molecule has 1 heterocycles. The Bertz CT molecular complexity index is 574. The van der Waals surface area contributed by atoms with E-state index in [1.807, 2.05) is 10.6 Å². The van der Waals surface area contributed by atoms with Crippen LogP contribution in [0, 0.1) is 0 Å². The highest BCUT2D eigenvalue weighted by atomic mass is 79.9. The summed E-state index contributed by atoms with van der Waals surface area (Å²) in [7, 11) is 0. The van der Waals surface area contributed by atoms with E-state index in [4.69, 9.17) is 0 Å². The van der Waals surface area contributed by atoms with Gasteiger partial charge in [-0.2, -0.15) is 0 Å². The van der Waals surface area contributed by atoms with Gasteiger partial charge in [-0.3, -0.25) is 0 Å². The molecule has 0 saturated carbocycles. The summed E-state index contributed by atoms with van der Waals surface area (Å²) < 4.78 is 5.89. The van der Waals surface area contributed by atoms with Crippen molar-refractivity contribution in [2.24, 2.45) is 0 Å². The Balaban J connectivity index is 2.88. The van der Waals surface area contributed by atoms with Crippen molar-refractivity contribution >= 4 is 74.8 Å².